The minimum atomic E-state index is 0.573. The van der Waals surface area contributed by atoms with Crippen molar-refractivity contribution in [3.8, 4) is 0 Å². The Morgan fingerprint density at radius 1 is 1.15 bits per heavy atom. The predicted molar refractivity (Wildman–Crippen MR) is 110 cm³/mol. The van der Waals surface area contributed by atoms with Gasteiger partial charge in [0.25, 0.3) is 0 Å². The van der Waals surface area contributed by atoms with Crippen LogP contribution in [-0.4, -0.2) is 29.1 Å². The number of thiophene rings is 1. The van der Waals surface area contributed by atoms with Crippen molar-refractivity contribution in [3.05, 3.63) is 51.8 Å². The second kappa shape index (κ2) is 7.72. The quantitative estimate of drug-likeness (QED) is 0.740. The van der Waals surface area contributed by atoms with Crippen molar-refractivity contribution < 1.29 is 0 Å². The van der Waals surface area contributed by atoms with Gasteiger partial charge in [0.15, 0.2) is 0 Å². The lowest BCUT2D eigenvalue weighted by molar-refractivity contribution is 0.470. The van der Waals surface area contributed by atoms with Gasteiger partial charge in [-0.15, -0.1) is 0 Å². The van der Waals surface area contributed by atoms with Crippen LogP contribution >= 0.6 is 11.3 Å². The van der Waals surface area contributed by atoms with Crippen molar-refractivity contribution >= 4 is 28.2 Å². The molecule has 1 saturated heterocycles. The Morgan fingerprint density at radius 3 is 2.92 bits per heavy atom. The van der Waals surface area contributed by atoms with Crippen molar-refractivity contribution in [3.63, 3.8) is 0 Å². The Kier molecular flexibility index (Phi) is 5.18. The Labute approximate surface area is 159 Å². The number of nitrogens with one attached hydrogen (secondary N) is 1. The third-order valence-corrected chi connectivity index (χ3v) is 5.95. The molecule has 0 bridgehead atoms. The molecule has 1 aromatic carbocycles. The number of aryl methyl sites for hydroxylation is 2. The maximum Gasteiger partial charge on any atom is 0.226 e. The van der Waals surface area contributed by atoms with Gasteiger partial charge in [0.05, 0.1) is 11.2 Å². The van der Waals surface area contributed by atoms with Crippen LogP contribution in [0.4, 0.5) is 5.95 Å². The van der Waals surface area contributed by atoms with E-state index >= 15 is 0 Å². The van der Waals surface area contributed by atoms with Gasteiger partial charge in [-0.25, -0.2) is 9.97 Å². The fourth-order valence-corrected chi connectivity index (χ4v) is 4.35. The first-order valence-electron chi connectivity index (χ1n) is 9.43. The smallest absolute Gasteiger partial charge is 0.226 e. The highest BCUT2D eigenvalue weighted by atomic mass is 32.1. The van der Waals surface area contributed by atoms with Crippen molar-refractivity contribution in [2.24, 2.45) is 0 Å². The van der Waals surface area contributed by atoms with E-state index in [0.717, 1.165) is 48.6 Å². The number of hydrogen-bond acceptors (Lipinski definition) is 5. The lowest BCUT2D eigenvalue weighted by Gasteiger charge is -2.21. The number of aromatic nitrogens is 2. The van der Waals surface area contributed by atoms with E-state index in [0.29, 0.717) is 6.04 Å². The van der Waals surface area contributed by atoms with E-state index < -0.39 is 0 Å². The van der Waals surface area contributed by atoms with Gasteiger partial charge in [-0.05, 0) is 67.1 Å². The molecule has 3 heterocycles. The van der Waals surface area contributed by atoms with Crippen LogP contribution in [0.3, 0.4) is 0 Å². The van der Waals surface area contributed by atoms with E-state index in [9.17, 15) is 0 Å². The van der Waals surface area contributed by atoms with Crippen molar-refractivity contribution in [2.75, 3.05) is 18.0 Å². The molecule has 0 spiro atoms. The molecule has 1 unspecified atom stereocenters. The van der Waals surface area contributed by atoms with Crippen LogP contribution in [0.5, 0.6) is 0 Å². The van der Waals surface area contributed by atoms with Crippen LogP contribution in [0.1, 0.15) is 36.1 Å². The minimum absolute atomic E-state index is 0.573. The van der Waals surface area contributed by atoms with Crippen LogP contribution in [0.15, 0.2) is 35.0 Å². The molecule has 4 nitrogen and oxygen atoms in total. The van der Waals surface area contributed by atoms with E-state index in [4.69, 9.17) is 9.97 Å². The molecular weight excluding hydrogens is 340 g/mol. The highest BCUT2D eigenvalue weighted by Crippen LogP contribution is 2.22. The zero-order chi connectivity index (χ0) is 17.9. The van der Waals surface area contributed by atoms with Crippen LogP contribution in [0.25, 0.3) is 10.9 Å². The van der Waals surface area contributed by atoms with E-state index in [2.05, 4.69) is 59.1 Å². The molecule has 2 aromatic heterocycles. The SMILES string of the molecule is Cc1ccc2c(C)nc(N3CCCC(NCc4ccsc4)CC3)nc2c1. The number of nitrogens with zero attached hydrogens (tertiary/aromatic N) is 3. The third-order valence-electron chi connectivity index (χ3n) is 5.22. The van der Waals surface area contributed by atoms with E-state index in [1.807, 2.05) is 0 Å². The van der Waals surface area contributed by atoms with E-state index in [1.54, 1.807) is 11.3 Å². The van der Waals surface area contributed by atoms with Gasteiger partial charge in [-0.1, -0.05) is 12.1 Å². The Morgan fingerprint density at radius 2 is 2.08 bits per heavy atom. The predicted octanol–water partition coefficient (Wildman–Crippen LogP) is 4.46. The van der Waals surface area contributed by atoms with Gasteiger partial charge >= 0.3 is 0 Å². The van der Waals surface area contributed by atoms with Crippen molar-refractivity contribution in [1.82, 2.24) is 15.3 Å². The summed E-state index contributed by atoms with van der Waals surface area (Å²) in [6, 6.07) is 9.21. The van der Waals surface area contributed by atoms with Gasteiger partial charge in [0.2, 0.25) is 5.95 Å². The zero-order valence-corrected chi connectivity index (χ0v) is 16.4. The molecule has 0 radical (unpaired) electrons. The Balaban J connectivity index is 1.46. The maximum absolute atomic E-state index is 4.87. The van der Waals surface area contributed by atoms with Gasteiger partial charge in [-0.2, -0.15) is 11.3 Å². The van der Waals surface area contributed by atoms with E-state index in [1.165, 1.54) is 24.0 Å². The molecule has 1 N–H and O–H groups in total. The van der Waals surface area contributed by atoms with Crippen LogP contribution in [-0.2, 0) is 6.54 Å². The number of benzene rings is 1. The Hall–Kier alpha value is -1.98. The third kappa shape index (κ3) is 3.89. The molecule has 0 aliphatic carbocycles. The largest absolute Gasteiger partial charge is 0.341 e. The van der Waals surface area contributed by atoms with Crippen molar-refractivity contribution in [1.29, 1.82) is 0 Å². The summed E-state index contributed by atoms with van der Waals surface area (Å²) in [6.45, 7) is 7.22. The molecule has 4 rings (SSSR count). The molecule has 26 heavy (non-hydrogen) atoms. The van der Waals surface area contributed by atoms with Crippen LogP contribution in [0.2, 0.25) is 0 Å². The summed E-state index contributed by atoms with van der Waals surface area (Å²) in [4.78, 5) is 12.0. The maximum atomic E-state index is 4.87. The lowest BCUT2D eigenvalue weighted by Crippen LogP contribution is -2.31. The number of hydrogen-bond donors (Lipinski definition) is 1. The Bertz CT molecular complexity index is 875. The second-order valence-electron chi connectivity index (χ2n) is 7.26. The van der Waals surface area contributed by atoms with Crippen molar-refractivity contribution in [2.45, 2.75) is 45.7 Å². The first-order valence-corrected chi connectivity index (χ1v) is 10.4. The number of fused-ring (bicyclic) bond motifs is 1. The summed E-state index contributed by atoms with van der Waals surface area (Å²) in [7, 11) is 0. The molecule has 5 heteroatoms. The summed E-state index contributed by atoms with van der Waals surface area (Å²) < 4.78 is 0. The molecule has 136 valence electrons. The molecule has 1 aliphatic rings. The summed E-state index contributed by atoms with van der Waals surface area (Å²) in [6.07, 6.45) is 3.53. The standard InChI is InChI=1S/C21H26N4S/c1-15-5-6-19-16(2)23-21(24-20(19)12-15)25-9-3-4-18(7-10-25)22-13-17-8-11-26-14-17/h5-6,8,11-12,14,18,22H,3-4,7,9-10,13H2,1-2H3. The second-order valence-corrected chi connectivity index (χ2v) is 8.04. The average Bonchev–Trinajstić information content (AvgIpc) is 3.03. The highest BCUT2D eigenvalue weighted by Gasteiger charge is 2.19. The van der Waals surface area contributed by atoms with Crippen LogP contribution < -0.4 is 10.2 Å². The normalized spacial score (nSPS) is 18.2. The van der Waals surface area contributed by atoms with Gasteiger partial charge in [0, 0.05) is 31.1 Å². The fraction of sp³-hybridized carbons (Fsp3) is 0.429. The average molecular weight is 367 g/mol. The molecule has 1 atom stereocenters. The summed E-state index contributed by atoms with van der Waals surface area (Å²) in [5, 5.41) is 9.25. The first kappa shape index (κ1) is 17.4. The molecule has 1 aliphatic heterocycles. The topological polar surface area (TPSA) is 41.1 Å². The summed E-state index contributed by atoms with van der Waals surface area (Å²) in [5.41, 5.74) is 4.76. The fourth-order valence-electron chi connectivity index (χ4n) is 3.68. The molecular formula is C21H26N4S. The number of anilines is 1. The van der Waals surface area contributed by atoms with Crippen LogP contribution in [0, 0.1) is 13.8 Å². The molecule has 3 aromatic rings. The lowest BCUT2D eigenvalue weighted by atomic mass is 10.1. The number of rotatable bonds is 4. The summed E-state index contributed by atoms with van der Waals surface area (Å²) in [5.74, 6) is 0.888. The highest BCUT2D eigenvalue weighted by molar-refractivity contribution is 7.07. The monoisotopic (exact) mass is 366 g/mol. The molecule has 1 fully saturated rings. The van der Waals surface area contributed by atoms with Gasteiger partial charge < -0.3 is 10.2 Å². The van der Waals surface area contributed by atoms with E-state index in [-0.39, 0.29) is 0 Å². The van der Waals surface area contributed by atoms with Gasteiger partial charge in [0.1, 0.15) is 0 Å². The van der Waals surface area contributed by atoms with Gasteiger partial charge in [-0.3, -0.25) is 0 Å². The molecule has 0 saturated carbocycles. The minimum Gasteiger partial charge on any atom is -0.341 e. The molecule has 0 amide bonds. The zero-order valence-electron chi connectivity index (χ0n) is 15.5. The first-order chi connectivity index (χ1) is 12.7. The summed E-state index contributed by atoms with van der Waals surface area (Å²) >= 11 is 1.77.